The van der Waals surface area contributed by atoms with Crippen LogP contribution in [-0.4, -0.2) is 48.7 Å². The SMILES string of the molecule is C[C@H](OC(=O)[C@@H]1COc2ccccc2O1)C(=O)N1CCCC1. The molecule has 0 N–H and O–H groups in total. The Morgan fingerprint density at radius 3 is 2.64 bits per heavy atom. The van der Waals surface area contributed by atoms with E-state index in [1.807, 2.05) is 6.07 Å². The fourth-order valence-corrected chi connectivity index (χ4v) is 2.63. The van der Waals surface area contributed by atoms with Crippen LogP contribution in [0.15, 0.2) is 24.3 Å². The van der Waals surface area contributed by atoms with Crippen LogP contribution in [0.25, 0.3) is 0 Å². The number of fused-ring (bicyclic) bond motifs is 1. The average Bonchev–Trinajstić information content (AvgIpc) is 3.08. The topological polar surface area (TPSA) is 65.1 Å². The summed E-state index contributed by atoms with van der Waals surface area (Å²) in [7, 11) is 0. The minimum absolute atomic E-state index is 0.0838. The average molecular weight is 305 g/mol. The molecule has 0 spiro atoms. The van der Waals surface area contributed by atoms with Gasteiger partial charge in [0.25, 0.3) is 5.91 Å². The molecule has 1 aromatic carbocycles. The van der Waals surface area contributed by atoms with Crippen LogP contribution in [0.4, 0.5) is 0 Å². The van der Waals surface area contributed by atoms with Crippen LogP contribution in [0.3, 0.4) is 0 Å². The molecule has 22 heavy (non-hydrogen) atoms. The normalized spacial score (nSPS) is 21.3. The lowest BCUT2D eigenvalue weighted by atomic mass is 10.2. The molecule has 3 rings (SSSR count). The van der Waals surface area contributed by atoms with Gasteiger partial charge in [-0.2, -0.15) is 0 Å². The van der Waals surface area contributed by atoms with E-state index in [0.717, 1.165) is 25.9 Å². The smallest absolute Gasteiger partial charge is 0.351 e. The molecule has 6 heteroatoms. The van der Waals surface area contributed by atoms with Crippen molar-refractivity contribution in [2.45, 2.75) is 32.0 Å². The Hall–Kier alpha value is -2.24. The molecule has 118 valence electrons. The van der Waals surface area contributed by atoms with Crippen LogP contribution >= 0.6 is 0 Å². The monoisotopic (exact) mass is 305 g/mol. The third kappa shape index (κ3) is 3.00. The molecule has 2 aliphatic heterocycles. The first-order chi connectivity index (χ1) is 10.6. The number of benzene rings is 1. The lowest BCUT2D eigenvalue weighted by Gasteiger charge is -2.26. The van der Waals surface area contributed by atoms with Gasteiger partial charge in [-0.3, -0.25) is 4.79 Å². The van der Waals surface area contributed by atoms with E-state index in [0.29, 0.717) is 11.5 Å². The molecule has 0 radical (unpaired) electrons. The number of nitrogens with zero attached hydrogens (tertiary/aromatic N) is 1. The number of carbonyl (C=O) groups excluding carboxylic acids is 2. The molecule has 1 fully saturated rings. The van der Waals surface area contributed by atoms with Gasteiger partial charge in [0.2, 0.25) is 6.10 Å². The third-order valence-corrected chi connectivity index (χ3v) is 3.83. The molecule has 1 amide bonds. The van der Waals surface area contributed by atoms with Gasteiger partial charge in [-0.05, 0) is 31.9 Å². The van der Waals surface area contributed by atoms with Crippen LogP contribution in [0.5, 0.6) is 11.5 Å². The number of rotatable bonds is 3. The first kappa shape index (κ1) is 14.7. The van der Waals surface area contributed by atoms with Crippen molar-refractivity contribution in [3.63, 3.8) is 0 Å². The number of esters is 1. The summed E-state index contributed by atoms with van der Waals surface area (Å²) in [5.41, 5.74) is 0. The standard InChI is InChI=1S/C16H19NO5/c1-11(15(18)17-8-4-5-9-17)21-16(19)14-10-20-12-6-2-3-7-13(12)22-14/h2-3,6-7,11,14H,4-5,8-10H2,1H3/t11-,14-/m0/s1. The molecule has 0 aromatic heterocycles. The summed E-state index contributed by atoms with van der Waals surface area (Å²) < 4.78 is 16.3. The highest BCUT2D eigenvalue weighted by atomic mass is 16.6. The maximum atomic E-state index is 12.1. The molecular formula is C16H19NO5. The molecular weight excluding hydrogens is 286 g/mol. The highest BCUT2D eigenvalue weighted by Crippen LogP contribution is 2.31. The summed E-state index contributed by atoms with van der Waals surface area (Å²) in [6.07, 6.45) is 0.362. The Morgan fingerprint density at radius 2 is 1.91 bits per heavy atom. The van der Waals surface area contributed by atoms with Crippen molar-refractivity contribution in [2.24, 2.45) is 0 Å². The first-order valence-corrected chi connectivity index (χ1v) is 7.53. The second kappa shape index (κ2) is 6.25. The van der Waals surface area contributed by atoms with E-state index in [9.17, 15) is 9.59 Å². The molecule has 1 saturated heterocycles. The molecule has 1 aromatic rings. The number of para-hydroxylation sites is 2. The van der Waals surface area contributed by atoms with Crippen LogP contribution in [0, 0.1) is 0 Å². The number of ether oxygens (including phenoxy) is 3. The Bertz CT molecular complexity index is 567. The lowest BCUT2D eigenvalue weighted by Crippen LogP contribution is -2.43. The second-order valence-corrected chi connectivity index (χ2v) is 5.48. The molecule has 0 unspecified atom stereocenters. The van der Waals surface area contributed by atoms with Crippen molar-refractivity contribution >= 4 is 11.9 Å². The molecule has 2 aliphatic rings. The number of hydrogen-bond acceptors (Lipinski definition) is 5. The van der Waals surface area contributed by atoms with Gasteiger partial charge >= 0.3 is 5.97 Å². The van der Waals surface area contributed by atoms with Crippen molar-refractivity contribution in [1.82, 2.24) is 4.90 Å². The molecule has 6 nitrogen and oxygen atoms in total. The van der Waals surface area contributed by atoms with Gasteiger partial charge in [-0.25, -0.2) is 4.79 Å². The van der Waals surface area contributed by atoms with E-state index in [1.54, 1.807) is 30.0 Å². The molecule has 2 heterocycles. The predicted octanol–water partition coefficient (Wildman–Crippen LogP) is 1.38. The highest BCUT2D eigenvalue weighted by Gasteiger charge is 2.32. The Labute approximate surface area is 128 Å². The minimum atomic E-state index is -0.844. The summed E-state index contributed by atoms with van der Waals surface area (Å²) in [5, 5.41) is 0. The van der Waals surface area contributed by atoms with Gasteiger partial charge in [-0.1, -0.05) is 12.1 Å². The van der Waals surface area contributed by atoms with E-state index < -0.39 is 18.2 Å². The summed E-state index contributed by atoms with van der Waals surface area (Å²) in [6.45, 7) is 3.14. The van der Waals surface area contributed by atoms with Crippen LogP contribution < -0.4 is 9.47 Å². The summed E-state index contributed by atoms with van der Waals surface area (Å²) in [5.74, 6) is 0.388. The van der Waals surface area contributed by atoms with Crippen molar-refractivity contribution in [3.8, 4) is 11.5 Å². The van der Waals surface area contributed by atoms with Crippen molar-refractivity contribution in [1.29, 1.82) is 0 Å². The predicted molar refractivity (Wildman–Crippen MR) is 77.7 cm³/mol. The molecule has 0 bridgehead atoms. The number of amides is 1. The fraction of sp³-hybridized carbons (Fsp3) is 0.500. The quantitative estimate of drug-likeness (QED) is 0.789. The number of carbonyl (C=O) groups is 2. The lowest BCUT2D eigenvalue weighted by molar-refractivity contribution is -0.166. The zero-order valence-electron chi connectivity index (χ0n) is 12.5. The Morgan fingerprint density at radius 1 is 1.23 bits per heavy atom. The maximum Gasteiger partial charge on any atom is 0.351 e. The third-order valence-electron chi connectivity index (χ3n) is 3.83. The van der Waals surface area contributed by atoms with E-state index in [1.165, 1.54) is 0 Å². The zero-order valence-corrected chi connectivity index (χ0v) is 12.5. The molecule has 2 atom stereocenters. The summed E-state index contributed by atoms with van der Waals surface area (Å²) in [6, 6.07) is 7.14. The van der Waals surface area contributed by atoms with Crippen LogP contribution in [0.2, 0.25) is 0 Å². The fourth-order valence-electron chi connectivity index (χ4n) is 2.63. The molecule has 0 saturated carbocycles. The van der Waals surface area contributed by atoms with Crippen LogP contribution in [-0.2, 0) is 14.3 Å². The number of likely N-dealkylation sites (tertiary alicyclic amines) is 1. The van der Waals surface area contributed by atoms with Gasteiger partial charge < -0.3 is 19.1 Å². The van der Waals surface area contributed by atoms with Gasteiger partial charge in [0, 0.05) is 13.1 Å². The maximum absolute atomic E-state index is 12.1. The van der Waals surface area contributed by atoms with Crippen LogP contribution in [0.1, 0.15) is 19.8 Å². The largest absolute Gasteiger partial charge is 0.485 e. The highest BCUT2D eigenvalue weighted by molar-refractivity contribution is 5.85. The van der Waals surface area contributed by atoms with E-state index in [4.69, 9.17) is 14.2 Å². The Balaban J connectivity index is 1.57. The van der Waals surface area contributed by atoms with Gasteiger partial charge in [0.15, 0.2) is 17.6 Å². The van der Waals surface area contributed by atoms with Gasteiger partial charge in [0.05, 0.1) is 0 Å². The van der Waals surface area contributed by atoms with Crippen molar-refractivity contribution in [2.75, 3.05) is 19.7 Å². The summed E-state index contributed by atoms with van der Waals surface area (Å²) >= 11 is 0. The van der Waals surface area contributed by atoms with E-state index >= 15 is 0 Å². The Kier molecular flexibility index (Phi) is 4.18. The first-order valence-electron chi connectivity index (χ1n) is 7.53. The number of hydrogen-bond donors (Lipinski definition) is 0. The zero-order chi connectivity index (χ0) is 15.5. The van der Waals surface area contributed by atoms with E-state index in [2.05, 4.69) is 0 Å². The van der Waals surface area contributed by atoms with Gasteiger partial charge in [-0.15, -0.1) is 0 Å². The van der Waals surface area contributed by atoms with Crippen molar-refractivity contribution in [3.05, 3.63) is 24.3 Å². The van der Waals surface area contributed by atoms with Gasteiger partial charge in [0.1, 0.15) is 6.61 Å². The van der Waals surface area contributed by atoms with Crippen molar-refractivity contribution < 1.29 is 23.8 Å². The molecule has 0 aliphatic carbocycles. The second-order valence-electron chi connectivity index (χ2n) is 5.48. The van der Waals surface area contributed by atoms with E-state index in [-0.39, 0.29) is 12.5 Å². The minimum Gasteiger partial charge on any atom is -0.485 e. The summed E-state index contributed by atoms with van der Waals surface area (Å²) in [4.78, 5) is 26.0.